The fourth-order valence-corrected chi connectivity index (χ4v) is 2.13. The summed E-state index contributed by atoms with van der Waals surface area (Å²) in [6.45, 7) is 2.52. The molecule has 0 saturated heterocycles. The van der Waals surface area contributed by atoms with Crippen molar-refractivity contribution >= 4 is 23.0 Å². The van der Waals surface area contributed by atoms with Gasteiger partial charge in [-0.25, -0.2) is 0 Å². The normalized spacial score (nSPS) is 10.6. The zero-order valence-electron chi connectivity index (χ0n) is 10.7. The van der Waals surface area contributed by atoms with Gasteiger partial charge >= 0.3 is 0 Å². The second kappa shape index (κ2) is 5.93. The number of amides is 1. The van der Waals surface area contributed by atoms with Crippen molar-refractivity contribution in [3.63, 3.8) is 0 Å². The molecule has 0 radical (unpaired) electrons. The van der Waals surface area contributed by atoms with Gasteiger partial charge in [0.05, 0.1) is 18.0 Å². The number of aryl methyl sites for hydroxylation is 1. The molecule has 0 bridgehead atoms. The van der Waals surface area contributed by atoms with E-state index in [-0.39, 0.29) is 24.8 Å². The average Bonchev–Trinajstić information content (AvgIpc) is 2.64. The first-order chi connectivity index (χ1) is 7.90. The van der Waals surface area contributed by atoms with Crippen molar-refractivity contribution in [3.8, 4) is 0 Å². The summed E-state index contributed by atoms with van der Waals surface area (Å²) in [7, 11) is 5.20. The molecule has 4 nitrogen and oxygen atoms in total. The largest absolute Gasteiger partial charge is 0.348 e. The van der Waals surface area contributed by atoms with Crippen molar-refractivity contribution in [1.82, 2.24) is 9.80 Å². The van der Waals surface area contributed by atoms with Gasteiger partial charge in [0, 0.05) is 19.0 Å². The number of carbonyl (C=O) groups excluding carboxylic acids is 2. The van der Waals surface area contributed by atoms with Crippen LogP contribution in [0.3, 0.4) is 0 Å². The maximum absolute atomic E-state index is 11.9. The molecule has 0 saturated carbocycles. The Hall–Kier alpha value is -1.20. The lowest BCUT2D eigenvalue weighted by molar-refractivity contribution is -0.129. The Labute approximate surface area is 106 Å². The minimum absolute atomic E-state index is 0.00246. The van der Waals surface area contributed by atoms with Crippen LogP contribution in [0.5, 0.6) is 0 Å². The van der Waals surface area contributed by atoms with Gasteiger partial charge in [-0.3, -0.25) is 14.5 Å². The number of Topliss-reactive ketones (excluding diaryl/α,β-unsaturated/α-hetero) is 1. The van der Waals surface area contributed by atoms with E-state index in [0.717, 1.165) is 9.75 Å². The molecule has 94 valence electrons. The Kier molecular flexibility index (Phi) is 4.84. The van der Waals surface area contributed by atoms with Gasteiger partial charge in [-0.2, -0.15) is 0 Å². The Morgan fingerprint density at radius 1 is 1.18 bits per heavy atom. The molecule has 0 atom stereocenters. The summed E-state index contributed by atoms with van der Waals surface area (Å²) in [5.74, 6) is 0.0693. The van der Waals surface area contributed by atoms with Crippen molar-refractivity contribution in [2.24, 2.45) is 0 Å². The predicted molar refractivity (Wildman–Crippen MR) is 69.6 cm³/mol. The summed E-state index contributed by atoms with van der Waals surface area (Å²) in [6, 6.07) is 3.77. The van der Waals surface area contributed by atoms with Crippen LogP contribution in [0.25, 0.3) is 0 Å². The van der Waals surface area contributed by atoms with E-state index in [9.17, 15) is 9.59 Å². The molecule has 1 heterocycles. The summed E-state index contributed by atoms with van der Waals surface area (Å²) < 4.78 is 0. The molecule has 0 aliphatic carbocycles. The van der Waals surface area contributed by atoms with Crippen molar-refractivity contribution in [2.75, 3.05) is 34.2 Å². The number of thiophene rings is 1. The highest BCUT2D eigenvalue weighted by molar-refractivity contribution is 7.14. The van der Waals surface area contributed by atoms with Crippen LogP contribution < -0.4 is 0 Å². The van der Waals surface area contributed by atoms with Gasteiger partial charge < -0.3 is 4.90 Å². The smallest absolute Gasteiger partial charge is 0.236 e. The third kappa shape index (κ3) is 4.28. The summed E-state index contributed by atoms with van der Waals surface area (Å²) in [4.78, 5) is 28.5. The second-order valence-corrected chi connectivity index (χ2v) is 5.58. The standard InChI is InChI=1S/C12H18N2O2S/c1-9-5-6-11(17-9)10(15)7-14(4)8-12(16)13(2)3/h5-6H,7-8H2,1-4H3. The number of nitrogens with zero attached hydrogens (tertiary/aromatic N) is 2. The van der Waals surface area contributed by atoms with Gasteiger partial charge in [0.1, 0.15) is 0 Å². The number of carbonyl (C=O) groups is 2. The molecule has 1 aromatic rings. The first kappa shape index (κ1) is 13.9. The van der Waals surface area contributed by atoms with Crippen LogP contribution in [0, 0.1) is 6.92 Å². The Morgan fingerprint density at radius 3 is 2.29 bits per heavy atom. The molecule has 0 unspecified atom stereocenters. The average molecular weight is 254 g/mol. The summed E-state index contributed by atoms with van der Waals surface area (Å²) in [5, 5.41) is 0. The van der Waals surface area contributed by atoms with E-state index in [1.165, 1.54) is 16.2 Å². The number of hydrogen-bond donors (Lipinski definition) is 0. The fraction of sp³-hybridized carbons (Fsp3) is 0.500. The highest BCUT2D eigenvalue weighted by Crippen LogP contribution is 2.15. The molecular weight excluding hydrogens is 236 g/mol. The van der Waals surface area contributed by atoms with Gasteiger partial charge in [0.2, 0.25) is 5.91 Å². The second-order valence-electron chi connectivity index (χ2n) is 4.29. The maximum atomic E-state index is 11.9. The molecule has 1 amide bonds. The monoisotopic (exact) mass is 254 g/mol. The van der Waals surface area contributed by atoms with E-state index >= 15 is 0 Å². The number of ketones is 1. The van der Waals surface area contributed by atoms with E-state index in [0.29, 0.717) is 0 Å². The van der Waals surface area contributed by atoms with Crippen LogP contribution in [-0.2, 0) is 4.79 Å². The van der Waals surface area contributed by atoms with Crippen LogP contribution in [0.1, 0.15) is 14.5 Å². The molecule has 17 heavy (non-hydrogen) atoms. The molecule has 5 heteroatoms. The van der Waals surface area contributed by atoms with Gasteiger partial charge in [0.25, 0.3) is 0 Å². The van der Waals surface area contributed by atoms with Gasteiger partial charge in [-0.05, 0) is 26.1 Å². The molecule has 0 fully saturated rings. The van der Waals surface area contributed by atoms with E-state index < -0.39 is 0 Å². The Morgan fingerprint density at radius 2 is 1.82 bits per heavy atom. The summed E-state index contributed by atoms with van der Waals surface area (Å²) in [6.07, 6.45) is 0. The quantitative estimate of drug-likeness (QED) is 0.743. The van der Waals surface area contributed by atoms with Gasteiger partial charge in [0.15, 0.2) is 5.78 Å². The molecule has 1 rings (SSSR count). The van der Waals surface area contributed by atoms with Crippen molar-refractivity contribution in [3.05, 3.63) is 21.9 Å². The Balaban J connectivity index is 2.49. The van der Waals surface area contributed by atoms with E-state index in [4.69, 9.17) is 0 Å². The van der Waals surface area contributed by atoms with E-state index in [1.54, 1.807) is 26.0 Å². The topological polar surface area (TPSA) is 40.6 Å². The number of hydrogen-bond acceptors (Lipinski definition) is 4. The van der Waals surface area contributed by atoms with Crippen LogP contribution in [0.4, 0.5) is 0 Å². The van der Waals surface area contributed by atoms with E-state index in [2.05, 4.69) is 0 Å². The lowest BCUT2D eigenvalue weighted by atomic mass is 10.3. The lowest BCUT2D eigenvalue weighted by Crippen LogP contribution is -2.36. The summed E-state index contributed by atoms with van der Waals surface area (Å²) >= 11 is 1.49. The highest BCUT2D eigenvalue weighted by Gasteiger charge is 2.14. The van der Waals surface area contributed by atoms with Gasteiger partial charge in [-0.1, -0.05) is 0 Å². The molecule has 0 spiro atoms. The zero-order chi connectivity index (χ0) is 13.0. The zero-order valence-corrected chi connectivity index (χ0v) is 11.5. The van der Waals surface area contributed by atoms with Crippen LogP contribution >= 0.6 is 11.3 Å². The molecular formula is C12H18N2O2S. The van der Waals surface area contributed by atoms with Crippen molar-refractivity contribution in [2.45, 2.75) is 6.92 Å². The van der Waals surface area contributed by atoms with Crippen molar-refractivity contribution < 1.29 is 9.59 Å². The first-order valence-corrected chi connectivity index (χ1v) is 6.20. The minimum atomic E-state index is 0.00246. The molecule has 0 aliphatic heterocycles. The van der Waals surface area contributed by atoms with Crippen molar-refractivity contribution in [1.29, 1.82) is 0 Å². The maximum Gasteiger partial charge on any atom is 0.236 e. The van der Waals surface area contributed by atoms with E-state index in [1.807, 2.05) is 19.1 Å². The highest BCUT2D eigenvalue weighted by atomic mass is 32.1. The third-order valence-electron chi connectivity index (χ3n) is 2.33. The predicted octanol–water partition coefficient (Wildman–Crippen LogP) is 1.26. The SMILES string of the molecule is Cc1ccc(C(=O)CN(C)CC(=O)N(C)C)s1. The van der Waals surface area contributed by atoms with Gasteiger partial charge in [-0.15, -0.1) is 11.3 Å². The lowest BCUT2D eigenvalue weighted by Gasteiger charge is -2.17. The fourth-order valence-electron chi connectivity index (χ4n) is 1.34. The molecule has 0 N–H and O–H groups in total. The molecule has 0 aromatic carbocycles. The van der Waals surface area contributed by atoms with Crippen LogP contribution in [-0.4, -0.2) is 55.7 Å². The van der Waals surface area contributed by atoms with Crippen LogP contribution in [0.2, 0.25) is 0 Å². The number of rotatable bonds is 5. The number of likely N-dealkylation sites (N-methyl/N-ethyl adjacent to an activating group) is 2. The molecule has 1 aromatic heterocycles. The third-order valence-corrected chi connectivity index (χ3v) is 3.37. The molecule has 0 aliphatic rings. The summed E-state index contributed by atoms with van der Waals surface area (Å²) in [5.41, 5.74) is 0. The Bertz CT molecular complexity index is 412. The van der Waals surface area contributed by atoms with Crippen LogP contribution in [0.15, 0.2) is 12.1 Å². The minimum Gasteiger partial charge on any atom is -0.348 e. The first-order valence-electron chi connectivity index (χ1n) is 5.38.